The molecule has 0 aromatic heterocycles. The predicted octanol–water partition coefficient (Wildman–Crippen LogP) is -1.47. The molecule has 0 spiro atoms. The summed E-state index contributed by atoms with van der Waals surface area (Å²) in [5, 5.41) is 2.78. The van der Waals surface area contributed by atoms with E-state index in [-0.39, 0.29) is 23.8 Å². The summed E-state index contributed by atoms with van der Waals surface area (Å²) >= 11 is 0. The first-order valence-electron chi connectivity index (χ1n) is 6.26. The number of aliphatic imine (C=N–C) groups is 1. The van der Waals surface area contributed by atoms with Crippen molar-refractivity contribution in [3.05, 3.63) is 0 Å². The molecule has 2 aliphatic rings. The second-order valence-corrected chi connectivity index (χ2v) is 4.70. The minimum atomic E-state index is -0.416. The van der Waals surface area contributed by atoms with Crippen molar-refractivity contribution >= 4 is 17.8 Å². The number of guanidine groups is 1. The van der Waals surface area contributed by atoms with Crippen LogP contribution in [0.15, 0.2) is 4.99 Å². The second kappa shape index (κ2) is 5.24. The highest BCUT2D eigenvalue weighted by Crippen LogP contribution is 2.23. The van der Waals surface area contributed by atoms with Gasteiger partial charge >= 0.3 is 0 Å². The number of hydrogen-bond acceptors (Lipinski definition) is 3. The predicted molar refractivity (Wildman–Crippen MR) is 66.6 cm³/mol. The Bertz CT molecular complexity index is 378. The van der Waals surface area contributed by atoms with E-state index in [1.54, 1.807) is 4.90 Å². The molecule has 2 aliphatic heterocycles. The van der Waals surface area contributed by atoms with E-state index in [9.17, 15) is 9.59 Å². The summed E-state index contributed by atoms with van der Waals surface area (Å²) in [6, 6.07) is -0.660. The minimum Gasteiger partial charge on any atom is -0.370 e. The van der Waals surface area contributed by atoms with Crippen LogP contribution in [0.4, 0.5) is 0 Å². The Morgan fingerprint density at radius 1 is 1.44 bits per heavy atom. The molecule has 100 valence electrons. The van der Waals surface area contributed by atoms with Gasteiger partial charge in [-0.25, -0.2) is 0 Å². The van der Waals surface area contributed by atoms with Crippen LogP contribution in [-0.2, 0) is 9.59 Å². The van der Waals surface area contributed by atoms with Gasteiger partial charge in [0.1, 0.15) is 12.1 Å². The summed E-state index contributed by atoms with van der Waals surface area (Å²) < 4.78 is 0. The van der Waals surface area contributed by atoms with E-state index < -0.39 is 6.04 Å². The lowest BCUT2D eigenvalue weighted by Crippen LogP contribution is -2.61. The van der Waals surface area contributed by atoms with Crippen molar-refractivity contribution in [2.24, 2.45) is 16.5 Å². The van der Waals surface area contributed by atoms with E-state index in [1.807, 2.05) is 0 Å². The van der Waals surface area contributed by atoms with Crippen LogP contribution in [0.1, 0.15) is 25.7 Å². The first-order chi connectivity index (χ1) is 8.59. The van der Waals surface area contributed by atoms with E-state index >= 15 is 0 Å². The number of nitrogens with zero attached hydrogens (tertiary/aromatic N) is 2. The molecule has 2 atom stereocenters. The summed E-state index contributed by atoms with van der Waals surface area (Å²) in [7, 11) is 0. The van der Waals surface area contributed by atoms with Crippen molar-refractivity contribution in [3.8, 4) is 0 Å². The molecule has 0 unspecified atom stereocenters. The Balaban J connectivity index is 1.87. The molecule has 7 nitrogen and oxygen atoms in total. The van der Waals surface area contributed by atoms with Crippen molar-refractivity contribution < 1.29 is 9.59 Å². The fourth-order valence-electron chi connectivity index (χ4n) is 2.53. The van der Waals surface area contributed by atoms with Crippen LogP contribution in [0, 0.1) is 0 Å². The molecule has 0 aliphatic carbocycles. The topological polar surface area (TPSA) is 114 Å². The number of nitrogens with one attached hydrogen (secondary N) is 1. The highest BCUT2D eigenvalue weighted by molar-refractivity contribution is 5.97. The summed E-state index contributed by atoms with van der Waals surface area (Å²) in [6.07, 6.45) is 2.93. The van der Waals surface area contributed by atoms with Gasteiger partial charge in [0.2, 0.25) is 11.8 Å². The zero-order valence-corrected chi connectivity index (χ0v) is 10.3. The molecule has 2 fully saturated rings. The first-order valence-corrected chi connectivity index (χ1v) is 6.26. The molecular formula is C11H19N5O2. The normalized spacial score (nSPS) is 26.8. The molecule has 2 amide bonds. The number of rotatable bonds is 4. The third kappa shape index (κ3) is 2.55. The molecule has 2 rings (SSSR count). The molecule has 18 heavy (non-hydrogen) atoms. The molecule has 5 N–H and O–H groups in total. The monoisotopic (exact) mass is 253 g/mol. The van der Waals surface area contributed by atoms with Crippen LogP contribution in [0.25, 0.3) is 0 Å². The van der Waals surface area contributed by atoms with Crippen molar-refractivity contribution in [2.75, 3.05) is 13.1 Å². The van der Waals surface area contributed by atoms with Gasteiger partial charge < -0.3 is 21.7 Å². The molecule has 0 aromatic rings. The van der Waals surface area contributed by atoms with Crippen molar-refractivity contribution in [1.82, 2.24) is 10.2 Å². The Hall–Kier alpha value is -1.79. The summed E-state index contributed by atoms with van der Waals surface area (Å²) in [5.74, 6) is 0.0503. The number of piperazine rings is 1. The van der Waals surface area contributed by atoms with Crippen LogP contribution in [-0.4, -0.2) is 47.8 Å². The summed E-state index contributed by atoms with van der Waals surface area (Å²) in [5.41, 5.74) is 10.4. The molecular weight excluding hydrogens is 234 g/mol. The van der Waals surface area contributed by atoms with E-state index in [4.69, 9.17) is 11.5 Å². The average molecular weight is 253 g/mol. The van der Waals surface area contributed by atoms with E-state index in [1.165, 1.54) is 0 Å². The van der Waals surface area contributed by atoms with E-state index in [0.717, 1.165) is 12.8 Å². The highest BCUT2D eigenvalue weighted by Gasteiger charge is 2.42. The van der Waals surface area contributed by atoms with Crippen LogP contribution < -0.4 is 16.8 Å². The zero-order chi connectivity index (χ0) is 13.1. The second-order valence-electron chi connectivity index (χ2n) is 4.70. The van der Waals surface area contributed by atoms with Crippen LogP contribution >= 0.6 is 0 Å². The lowest BCUT2D eigenvalue weighted by Gasteiger charge is -2.34. The van der Waals surface area contributed by atoms with Gasteiger partial charge in [-0.15, -0.1) is 0 Å². The quantitative estimate of drug-likeness (QED) is 0.322. The van der Waals surface area contributed by atoms with Gasteiger partial charge in [0.15, 0.2) is 5.96 Å². The Kier molecular flexibility index (Phi) is 3.69. The number of carbonyl (C=O) groups is 2. The molecule has 2 heterocycles. The lowest BCUT2D eigenvalue weighted by molar-refractivity contribution is -0.147. The molecule has 0 saturated carbocycles. The maximum absolute atomic E-state index is 12.1. The standard InChI is InChI=1S/C11H19N5O2/c12-11(13)14-5-1-3-7-10(18)16-6-2-4-8(16)9(17)15-7/h7-8H,1-6H2,(H,15,17)(H4,12,13,14)/t7-,8+/m1/s1. The molecule has 2 saturated heterocycles. The number of carbonyl (C=O) groups excluding carboxylic acids is 2. The summed E-state index contributed by atoms with van der Waals surface area (Å²) in [6.45, 7) is 1.17. The van der Waals surface area contributed by atoms with Crippen LogP contribution in [0.2, 0.25) is 0 Å². The van der Waals surface area contributed by atoms with Crippen molar-refractivity contribution in [2.45, 2.75) is 37.8 Å². The zero-order valence-electron chi connectivity index (χ0n) is 10.3. The van der Waals surface area contributed by atoms with Crippen LogP contribution in [0.5, 0.6) is 0 Å². The maximum Gasteiger partial charge on any atom is 0.245 e. The number of nitrogens with two attached hydrogens (primary N) is 2. The van der Waals surface area contributed by atoms with Gasteiger partial charge in [-0.1, -0.05) is 0 Å². The fraction of sp³-hybridized carbons (Fsp3) is 0.727. The van der Waals surface area contributed by atoms with E-state index in [0.29, 0.717) is 25.9 Å². The Labute approximate surface area is 106 Å². The van der Waals surface area contributed by atoms with Gasteiger partial charge in [-0.3, -0.25) is 14.6 Å². The average Bonchev–Trinajstić information content (AvgIpc) is 2.80. The largest absolute Gasteiger partial charge is 0.370 e. The smallest absolute Gasteiger partial charge is 0.245 e. The molecule has 7 heteroatoms. The summed E-state index contributed by atoms with van der Waals surface area (Å²) in [4.78, 5) is 29.5. The molecule has 0 radical (unpaired) electrons. The SMILES string of the molecule is NC(N)=NCCC[C@H]1NC(=O)[C@@H]2CCCN2C1=O. The van der Waals surface area contributed by atoms with E-state index in [2.05, 4.69) is 10.3 Å². The molecule has 0 aromatic carbocycles. The van der Waals surface area contributed by atoms with Crippen LogP contribution in [0.3, 0.4) is 0 Å². The maximum atomic E-state index is 12.1. The van der Waals surface area contributed by atoms with Gasteiger partial charge in [-0.2, -0.15) is 0 Å². The first kappa shape index (κ1) is 12.7. The van der Waals surface area contributed by atoms with Gasteiger partial charge in [-0.05, 0) is 25.7 Å². The third-order valence-corrected chi connectivity index (χ3v) is 3.40. The number of amides is 2. The molecule has 0 bridgehead atoms. The van der Waals surface area contributed by atoms with Gasteiger partial charge in [0.25, 0.3) is 0 Å². The third-order valence-electron chi connectivity index (χ3n) is 3.40. The van der Waals surface area contributed by atoms with Crippen molar-refractivity contribution in [3.63, 3.8) is 0 Å². The van der Waals surface area contributed by atoms with Gasteiger partial charge in [0.05, 0.1) is 0 Å². The fourth-order valence-corrected chi connectivity index (χ4v) is 2.53. The van der Waals surface area contributed by atoms with Gasteiger partial charge in [0, 0.05) is 13.1 Å². The Morgan fingerprint density at radius 2 is 2.22 bits per heavy atom. The lowest BCUT2D eigenvalue weighted by atomic mass is 10.0. The highest BCUT2D eigenvalue weighted by atomic mass is 16.2. The Morgan fingerprint density at radius 3 is 2.94 bits per heavy atom. The number of fused-ring (bicyclic) bond motifs is 1. The minimum absolute atomic E-state index is 0.0288. The van der Waals surface area contributed by atoms with Crippen molar-refractivity contribution in [1.29, 1.82) is 0 Å². The number of hydrogen-bond donors (Lipinski definition) is 3.